The molecule has 0 aliphatic rings. The van der Waals surface area contributed by atoms with Gasteiger partial charge in [-0.3, -0.25) is 4.79 Å². The van der Waals surface area contributed by atoms with Crippen LogP contribution in [0.1, 0.15) is 27.0 Å². The van der Waals surface area contributed by atoms with E-state index in [9.17, 15) is 18.0 Å². The van der Waals surface area contributed by atoms with E-state index < -0.39 is 17.6 Å². The van der Waals surface area contributed by atoms with Crippen LogP contribution in [0.25, 0.3) is 0 Å². The minimum absolute atomic E-state index is 0.0621. The summed E-state index contributed by atoms with van der Waals surface area (Å²) in [5.41, 5.74) is 0.707. The van der Waals surface area contributed by atoms with Crippen LogP contribution in [0.5, 0.6) is 5.75 Å². The number of rotatable bonds is 6. The minimum atomic E-state index is -4.44. The lowest BCUT2D eigenvalue weighted by atomic mass is 10.1. The first-order valence-corrected chi connectivity index (χ1v) is 9.11. The molecule has 0 aliphatic heterocycles. The Labute approximate surface area is 171 Å². The van der Waals surface area contributed by atoms with E-state index in [0.29, 0.717) is 16.3 Å². The summed E-state index contributed by atoms with van der Waals surface area (Å²) in [6.45, 7) is 0.198. The number of hydrogen-bond acceptors (Lipinski definition) is 2. The third-order valence-electron chi connectivity index (χ3n) is 4.13. The van der Waals surface area contributed by atoms with Crippen molar-refractivity contribution in [2.75, 3.05) is 0 Å². The first-order valence-electron chi connectivity index (χ1n) is 8.73. The number of alkyl halides is 3. The lowest BCUT2D eigenvalue weighted by molar-refractivity contribution is -0.137. The molecule has 3 rings (SSSR count). The summed E-state index contributed by atoms with van der Waals surface area (Å²) in [4.78, 5) is 12.6. The zero-order valence-corrected chi connectivity index (χ0v) is 15.9. The molecule has 0 saturated carbocycles. The summed E-state index contributed by atoms with van der Waals surface area (Å²) >= 11 is 6.01. The standard InChI is InChI=1S/C22H17ClF3NO2/c23-18-9-10-20(29-14-15-5-2-1-3-6-15)19(12-18)21(28)27-13-16-7-4-8-17(11-16)22(24,25)26/h1-12H,13-14H2,(H,27,28). The highest BCUT2D eigenvalue weighted by Crippen LogP contribution is 2.29. The van der Waals surface area contributed by atoms with Gasteiger partial charge in [0, 0.05) is 11.6 Å². The Morgan fingerprint density at radius 2 is 1.66 bits per heavy atom. The van der Waals surface area contributed by atoms with E-state index in [4.69, 9.17) is 16.3 Å². The van der Waals surface area contributed by atoms with Gasteiger partial charge in [-0.05, 0) is 41.5 Å². The Morgan fingerprint density at radius 1 is 0.931 bits per heavy atom. The Hall–Kier alpha value is -2.99. The number of ether oxygens (including phenoxy) is 1. The number of carbonyl (C=O) groups is 1. The molecule has 7 heteroatoms. The van der Waals surface area contributed by atoms with Gasteiger partial charge in [-0.25, -0.2) is 0 Å². The minimum Gasteiger partial charge on any atom is -0.488 e. The summed E-state index contributed by atoms with van der Waals surface area (Å²) in [7, 11) is 0. The van der Waals surface area contributed by atoms with E-state index in [1.807, 2.05) is 30.3 Å². The number of amides is 1. The monoisotopic (exact) mass is 419 g/mol. The molecule has 29 heavy (non-hydrogen) atoms. The second-order valence-electron chi connectivity index (χ2n) is 6.30. The molecular formula is C22H17ClF3NO2. The van der Waals surface area contributed by atoms with Crippen molar-refractivity contribution in [2.45, 2.75) is 19.3 Å². The Kier molecular flexibility index (Phi) is 6.44. The lowest BCUT2D eigenvalue weighted by Crippen LogP contribution is -2.23. The average molecular weight is 420 g/mol. The molecule has 3 aromatic carbocycles. The van der Waals surface area contributed by atoms with E-state index in [1.165, 1.54) is 18.2 Å². The SMILES string of the molecule is O=C(NCc1cccc(C(F)(F)F)c1)c1cc(Cl)ccc1OCc1ccccc1. The predicted octanol–water partition coefficient (Wildman–Crippen LogP) is 5.87. The molecule has 1 N–H and O–H groups in total. The Balaban J connectivity index is 1.71. The number of nitrogens with one attached hydrogen (secondary N) is 1. The first kappa shape index (κ1) is 20.7. The zero-order chi connectivity index (χ0) is 20.9. The fourth-order valence-electron chi connectivity index (χ4n) is 2.68. The van der Waals surface area contributed by atoms with Crippen molar-refractivity contribution < 1.29 is 22.7 Å². The van der Waals surface area contributed by atoms with Crippen LogP contribution < -0.4 is 10.1 Å². The summed E-state index contributed by atoms with van der Waals surface area (Å²) in [6, 6.07) is 18.9. The van der Waals surface area contributed by atoms with Gasteiger partial charge in [0.2, 0.25) is 0 Å². The highest BCUT2D eigenvalue weighted by Gasteiger charge is 2.30. The fourth-order valence-corrected chi connectivity index (χ4v) is 2.85. The molecule has 0 aromatic heterocycles. The van der Waals surface area contributed by atoms with E-state index in [-0.39, 0.29) is 18.7 Å². The molecule has 0 radical (unpaired) electrons. The molecule has 0 heterocycles. The second-order valence-corrected chi connectivity index (χ2v) is 6.73. The third-order valence-corrected chi connectivity index (χ3v) is 4.37. The predicted molar refractivity (Wildman–Crippen MR) is 105 cm³/mol. The van der Waals surface area contributed by atoms with E-state index in [2.05, 4.69) is 5.32 Å². The van der Waals surface area contributed by atoms with Crippen LogP contribution in [0.3, 0.4) is 0 Å². The van der Waals surface area contributed by atoms with Crippen molar-refractivity contribution in [3.05, 3.63) is 100 Å². The molecule has 0 saturated heterocycles. The van der Waals surface area contributed by atoms with Crippen LogP contribution in [0.15, 0.2) is 72.8 Å². The van der Waals surface area contributed by atoms with Gasteiger partial charge in [-0.2, -0.15) is 13.2 Å². The summed E-state index contributed by atoms with van der Waals surface area (Å²) in [5, 5.41) is 2.96. The van der Waals surface area contributed by atoms with Gasteiger partial charge < -0.3 is 10.1 Å². The van der Waals surface area contributed by atoms with Gasteiger partial charge in [-0.15, -0.1) is 0 Å². The summed E-state index contributed by atoms with van der Waals surface area (Å²) in [6.07, 6.45) is -4.44. The maximum atomic E-state index is 12.8. The molecule has 0 atom stereocenters. The molecule has 0 bridgehead atoms. The van der Waals surface area contributed by atoms with Crippen LogP contribution in [0, 0.1) is 0 Å². The molecule has 0 unspecified atom stereocenters. The largest absolute Gasteiger partial charge is 0.488 e. The number of hydrogen-bond donors (Lipinski definition) is 1. The van der Waals surface area contributed by atoms with Crippen molar-refractivity contribution in [1.82, 2.24) is 5.32 Å². The van der Waals surface area contributed by atoms with Gasteiger partial charge in [0.05, 0.1) is 11.1 Å². The Morgan fingerprint density at radius 3 is 2.38 bits per heavy atom. The quantitative estimate of drug-likeness (QED) is 0.542. The molecule has 0 spiro atoms. The number of benzene rings is 3. The van der Waals surface area contributed by atoms with Crippen molar-refractivity contribution in [2.24, 2.45) is 0 Å². The molecule has 3 aromatic rings. The molecule has 1 amide bonds. The van der Waals surface area contributed by atoms with Gasteiger partial charge in [0.1, 0.15) is 12.4 Å². The van der Waals surface area contributed by atoms with Crippen LogP contribution in [0.4, 0.5) is 13.2 Å². The molecule has 0 aliphatic carbocycles. The maximum Gasteiger partial charge on any atom is 0.416 e. The number of carbonyl (C=O) groups excluding carboxylic acids is 1. The van der Waals surface area contributed by atoms with Crippen LogP contribution in [-0.4, -0.2) is 5.91 Å². The fraction of sp³-hybridized carbons (Fsp3) is 0.136. The lowest BCUT2D eigenvalue weighted by Gasteiger charge is -2.13. The smallest absolute Gasteiger partial charge is 0.416 e. The van der Waals surface area contributed by atoms with Crippen LogP contribution >= 0.6 is 11.6 Å². The van der Waals surface area contributed by atoms with Gasteiger partial charge >= 0.3 is 6.18 Å². The first-order chi connectivity index (χ1) is 13.8. The van der Waals surface area contributed by atoms with Crippen molar-refractivity contribution in [3.63, 3.8) is 0 Å². The van der Waals surface area contributed by atoms with Crippen LogP contribution in [0.2, 0.25) is 5.02 Å². The van der Waals surface area contributed by atoms with Crippen molar-refractivity contribution in [1.29, 1.82) is 0 Å². The summed E-state index contributed by atoms with van der Waals surface area (Å²) < 4.78 is 44.3. The zero-order valence-electron chi connectivity index (χ0n) is 15.2. The van der Waals surface area contributed by atoms with E-state index in [1.54, 1.807) is 12.1 Å². The average Bonchev–Trinajstić information content (AvgIpc) is 2.71. The summed E-state index contributed by atoms with van der Waals surface area (Å²) in [5.74, 6) is -0.159. The second kappa shape index (κ2) is 9.01. The highest BCUT2D eigenvalue weighted by molar-refractivity contribution is 6.31. The van der Waals surface area contributed by atoms with Crippen LogP contribution in [-0.2, 0) is 19.3 Å². The van der Waals surface area contributed by atoms with E-state index >= 15 is 0 Å². The molecule has 150 valence electrons. The molecule has 3 nitrogen and oxygen atoms in total. The third kappa shape index (κ3) is 5.74. The van der Waals surface area contributed by atoms with Crippen molar-refractivity contribution in [3.8, 4) is 5.75 Å². The van der Waals surface area contributed by atoms with Crippen molar-refractivity contribution >= 4 is 17.5 Å². The normalized spacial score (nSPS) is 11.2. The van der Waals surface area contributed by atoms with Gasteiger partial charge in [0.25, 0.3) is 5.91 Å². The Bertz CT molecular complexity index is 991. The number of halogens is 4. The maximum absolute atomic E-state index is 12.8. The van der Waals surface area contributed by atoms with E-state index in [0.717, 1.165) is 17.7 Å². The highest BCUT2D eigenvalue weighted by atomic mass is 35.5. The van der Waals surface area contributed by atoms with Gasteiger partial charge in [-0.1, -0.05) is 54.1 Å². The molecular weight excluding hydrogens is 403 g/mol. The molecule has 0 fully saturated rings. The van der Waals surface area contributed by atoms with Gasteiger partial charge in [0.15, 0.2) is 0 Å². The topological polar surface area (TPSA) is 38.3 Å².